The molecule has 2 aliphatic rings. The number of hydrogen-bond acceptors (Lipinski definition) is 6. The summed E-state index contributed by atoms with van der Waals surface area (Å²) in [5, 5.41) is 1.67. The van der Waals surface area contributed by atoms with Gasteiger partial charge in [-0.2, -0.15) is 0 Å². The highest BCUT2D eigenvalue weighted by atomic mass is 16.7. The van der Waals surface area contributed by atoms with Crippen LogP contribution in [0.25, 0.3) is 11.0 Å². The van der Waals surface area contributed by atoms with Crippen LogP contribution in [0.3, 0.4) is 0 Å². The van der Waals surface area contributed by atoms with Gasteiger partial charge in [0.2, 0.25) is 0 Å². The van der Waals surface area contributed by atoms with Crippen LogP contribution in [0.1, 0.15) is 48.8 Å². The third-order valence-corrected chi connectivity index (χ3v) is 6.45. The number of primary amides is 1. The second-order valence-electron chi connectivity index (χ2n) is 8.40. The molecule has 8 nitrogen and oxygen atoms in total. The fourth-order valence-corrected chi connectivity index (χ4v) is 5.05. The number of rotatable bonds is 5. The first-order valence-corrected chi connectivity index (χ1v) is 11.0. The molecular weight excluding hydrogens is 392 g/mol. The number of nitrogens with two attached hydrogens (primary N) is 1. The summed E-state index contributed by atoms with van der Waals surface area (Å²) in [6.07, 6.45) is 6.27. The van der Waals surface area contributed by atoms with Crippen LogP contribution in [0.5, 0.6) is 0 Å². The Hall–Kier alpha value is -2.97. The molecule has 3 aromatic rings. The summed E-state index contributed by atoms with van der Waals surface area (Å²) in [5.41, 5.74) is 9.79. The summed E-state index contributed by atoms with van der Waals surface area (Å²) in [4.78, 5) is 31.9. The van der Waals surface area contributed by atoms with E-state index in [1.54, 1.807) is 5.06 Å². The molecule has 0 saturated carbocycles. The maximum absolute atomic E-state index is 11.1. The molecular formula is C23H28N6O2. The van der Waals surface area contributed by atoms with Crippen LogP contribution < -0.4 is 5.73 Å². The SMILES string of the molecule is NC(=O)ON1CCC(N(Cc2nc3ccccc3[nH]2)C2CCCc3cccnc32)CC1. The minimum absolute atomic E-state index is 0.256. The van der Waals surface area contributed by atoms with E-state index in [1.807, 2.05) is 30.5 Å². The monoisotopic (exact) mass is 420 g/mol. The van der Waals surface area contributed by atoms with Crippen LogP contribution >= 0.6 is 0 Å². The second-order valence-corrected chi connectivity index (χ2v) is 8.40. The van der Waals surface area contributed by atoms with E-state index in [0.717, 1.165) is 55.5 Å². The van der Waals surface area contributed by atoms with Crippen LogP contribution in [0.4, 0.5) is 4.79 Å². The largest absolute Gasteiger partial charge is 0.423 e. The maximum Gasteiger partial charge on any atom is 0.423 e. The Labute approximate surface area is 181 Å². The van der Waals surface area contributed by atoms with Crippen molar-refractivity contribution in [3.63, 3.8) is 0 Å². The predicted octanol–water partition coefficient (Wildman–Crippen LogP) is 3.31. The molecule has 1 unspecified atom stereocenters. The van der Waals surface area contributed by atoms with Crippen molar-refractivity contribution in [1.29, 1.82) is 0 Å². The first kappa shape index (κ1) is 20.0. The number of imidazole rings is 1. The van der Waals surface area contributed by atoms with Crippen molar-refractivity contribution in [2.24, 2.45) is 5.73 Å². The fraction of sp³-hybridized carbons (Fsp3) is 0.435. The number of aromatic amines is 1. The van der Waals surface area contributed by atoms with Gasteiger partial charge in [-0.1, -0.05) is 18.2 Å². The van der Waals surface area contributed by atoms with Gasteiger partial charge >= 0.3 is 6.09 Å². The molecule has 8 heteroatoms. The van der Waals surface area contributed by atoms with Crippen LogP contribution in [-0.2, 0) is 17.8 Å². The highest BCUT2D eigenvalue weighted by molar-refractivity contribution is 5.74. The molecule has 31 heavy (non-hydrogen) atoms. The van der Waals surface area contributed by atoms with E-state index in [2.05, 4.69) is 22.0 Å². The molecule has 0 spiro atoms. The minimum Gasteiger partial charge on any atom is -0.351 e. The van der Waals surface area contributed by atoms with Crippen molar-refractivity contribution in [2.75, 3.05) is 13.1 Å². The average Bonchev–Trinajstić information content (AvgIpc) is 3.20. The smallest absolute Gasteiger partial charge is 0.351 e. The number of benzene rings is 1. The Kier molecular flexibility index (Phi) is 5.57. The molecule has 5 rings (SSSR count). The number of hydroxylamine groups is 2. The summed E-state index contributed by atoms with van der Waals surface area (Å²) >= 11 is 0. The molecule has 1 aliphatic carbocycles. The van der Waals surface area contributed by atoms with Crippen molar-refractivity contribution >= 4 is 17.1 Å². The summed E-state index contributed by atoms with van der Waals surface area (Å²) in [6, 6.07) is 13.0. The van der Waals surface area contributed by atoms with Gasteiger partial charge in [-0.25, -0.2) is 9.78 Å². The van der Waals surface area contributed by atoms with Crippen LogP contribution in [0.15, 0.2) is 42.6 Å². The Balaban J connectivity index is 1.42. The zero-order valence-corrected chi connectivity index (χ0v) is 17.5. The Morgan fingerprint density at radius 1 is 1.19 bits per heavy atom. The molecule has 162 valence electrons. The van der Waals surface area contributed by atoms with Crippen molar-refractivity contribution in [3.8, 4) is 0 Å². The lowest BCUT2D eigenvalue weighted by Gasteiger charge is -2.42. The average molecular weight is 421 g/mol. The number of nitrogens with zero attached hydrogens (tertiary/aromatic N) is 4. The highest BCUT2D eigenvalue weighted by Crippen LogP contribution is 2.37. The number of carbonyl (C=O) groups is 1. The van der Waals surface area contributed by atoms with Gasteiger partial charge in [-0.15, -0.1) is 5.06 Å². The number of carbonyl (C=O) groups excluding carboxylic acids is 1. The van der Waals surface area contributed by atoms with Crippen molar-refractivity contribution in [2.45, 2.75) is 50.7 Å². The number of aromatic nitrogens is 3. The zero-order valence-electron chi connectivity index (χ0n) is 17.5. The Bertz CT molecular complexity index is 1030. The summed E-state index contributed by atoms with van der Waals surface area (Å²) < 4.78 is 0. The molecule has 1 fully saturated rings. The third kappa shape index (κ3) is 4.26. The first-order valence-electron chi connectivity index (χ1n) is 11.0. The predicted molar refractivity (Wildman–Crippen MR) is 117 cm³/mol. The van der Waals surface area contributed by atoms with E-state index in [4.69, 9.17) is 20.5 Å². The van der Waals surface area contributed by atoms with Gasteiger partial charge in [0.15, 0.2) is 0 Å². The molecule has 1 amide bonds. The lowest BCUT2D eigenvalue weighted by atomic mass is 9.89. The van der Waals surface area contributed by atoms with E-state index >= 15 is 0 Å². The maximum atomic E-state index is 11.1. The Morgan fingerprint density at radius 3 is 2.84 bits per heavy atom. The molecule has 0 radical (unpaired) electrons. The summed E-state index contributed by atoms with van der Waals surface area (Å²) in [6.45, 7) is 2.08. The van der Waals surface area contributed by atoms with Crippen LogP contribution in [0.2, 0.25) is 0 Å². The van der Waals surface area contributed by atoms with Gasteiger partial charge < -0.3 is 15.6 Å². The number of fused-ring (bicyclic) bond motifs is 2. The Morgan fingerprint density at radius 2 is 2.03 bits per heavy atom. The fourth-order valence-electron chi connectivity index (χ4n) is 5.05. The number of para-hydroxylation sites is 2. The normalized spacial score (nSPS) is 20.1. The summed E-state index contributed by atoms with van der Waals surface area (Å²) in [5.74, 6) is 0.972. The quantitative estimate of drug-likeness (QED) is 0.657. The standard InChI is InChI=1S/C23H28N6O2/c24-23(30)31-28-13-10-17(11-14-28)29(15-21-26-18-7-1-2-8-19(18)27-21)20-9-3-5-16-6-4-12-25-22(16)20/h1-2,4,6-8,12,17,20H,3,5,9-11,13-15H2,(H2,24,30)(H,26,27). The molecule has 1 aromatic carbocycles. The van der Waals surface area contributed by atoms with Gasteiger partial charge in [-0.05, 0) is 55.9 Å². The highest BCUT2D eigenvalue weighted by Gasteiger charge is 2.34. The minimum atomic E-state index is -0.747. The number of pyridine rings is 1. The van der Waals surface area contributed by atoms with Crippen LogP contribution in [0, 0.1) is 0 Å². The van der Waals surface area contributed by atoms with E-state index in [9.17, 15) is 4.79 Å². The van der Waals surface area contributed by atoms with Crippen LogP contribution in [-0.4, -0.2) is 50.1 Å². The van der Waals surface area contributed by atoms with Gasteiger partial charge in [0, 0.05) is 25.3 Å². The van der Waals surface area contributed by atoms with Crippen molar-refractivity contribution in [1.82, 2.24) is 24.9 Å². The first-order chi connectivity index (χ1) is 15.2. The van der Waals surface area contributed by atoms with Crippen molar-refractivity contribution < 1.29 is 9.63 Å². The topological polar surface area (TPSA) is 100 Å². The number of aryl methyl sites for hydroxylation is 1. The third-order valence-electron chi connectivity index (χ3n) is 6.45. The molecule has 1 saturated heterocycles. The van der Waals surface area contributed by atoms with Gasteiger partial charge in [0.05, 0.1) is 29.3 Å². The van der Waals surface area contributed by atoms with Gasteiger partial charge in [0.25, 0.3) is 0 Å². The van der Waals surface area contributed by atoms with E-state index in [-0.39, 0.29) is 6.04 Å². The molecule has 3 N–H and O–H groups in total. The second kappa shape index (κ2) is 8.64. The lowest BCUT2D eigenvalue weighted by molar-refractivity contribution is -0.121. The molecule has 1 aliphatic heterocycles. The van der Waals surface area contributed by atoms with E-state index in [0.29, 0.717) is 19.1 Å². The zero-order chi connectivity index (χ0) is 21.2. The number of H-pyrrole nitrogens is 1. The molecule has 2 aromatic heterocycles. The van der Waals surface area contributed by atoms with Crippen molar-refractivity contribution in [3.05, 3.63) is 59.7 Å². The summed E-state index contributed by atoms with van der Waals surface area (Å²) in [7, 11) is 0. The molecule has 3 heterocycles. The van der Waals surface area contributed by atoms with E-state index in [1.165, 1.54) is 11.3 Å². The van der Waals surface area contributed by atoms with Gasteiger partial charge in [0.1, 0.15) is 5.82 Å². The number of piperidine rings is 1. The molecule has 0 bridgehead atoms. The number of nitrogens with one attached hydrogen (secondary N) is 1. The van der Waals surface area contributed by atoms with Gasteiger partial charge in [-0.3, -0.25) is 9.88 Å². The molecule has 1 atom stereocenters. The number of amides is 1. The lowest BCUT2D eigenvalue weighted by Crippen LogP contribution is -2.47. The van der Waals surface area contributed by atoms with E-state index < -0.39 is 6.09 Å². The number of hydrogen-bond donors (Lipinski definition) is 2.